The molecule has 1 saturated heterocycles. The highest BCUT2D eigenvalue weighted by Gasteiger charge is 2.24. The van der Waals surface area contributed by atoms with Crippen LogP contribution in [0, 0.1) is 5.92 Å². The zero-order chi connectivity index (χ0) is 16.2. The lowest BCUT2D eigenvalue weighted by Crippen LogP contribution is -2.46. The van der Waals surface area contributed by atoms with Gasteiger partial charge in [-0.2, -0.15) is 8.78 Å². The van der Waals surface area contributed by atoms with Crippen molar-refractivity contribution in [2.45, 2.75) is 19.5 Å². The second kappa shape index (κ2) is 7.14. The van der Waals surface area contributed by atoms with E-state index in [4.69, 9.17) is 5.73 Å². The third-order valence-corrected chi connectivity index (χ3v) is 4.40. The number of hydrogen-bond acceptors (Lipinski definition) is 5. The van der Waals surface area contributed by atoms with E-state index in [9.17, 15) is 8.78 Å². The summed E-state index contributed by atoms with van der Waals surface area (Å²) in [5.74, 6) is 0.809. The summed E-state index contributed by atoms with van der Waals surface area (Å²) in [7, 11) is 0. The number of nitrogens with two attached hydrogens (primary N) is 1. The molecular formula is C16H22F2N4O. The SMILES string of the molecule is NCC1CCN(N2C=CN(c3ccc(OC(F)F)cc3)C2)CC1. The molecule has 0 aromatic heterocycles. The van der Waals surface area contributed by atoms with Gasteiger partial charge in [0.15, 0.2) is 0 Å². The van der Waals surface area contributed by atoms with E-state index in [1.54, 1.807) is 24.3 Å². The summed E-state index contributed by atoms with van der Waals surface area (Å²) in [6.07, 6.45) is 6.30. The van der Waals surface area contributed by atoms with Crippen LogP contribution >= 0.6 is 0 Å². The summed E-state index contributed by atoms with van der Waals surface area (Å²) < 4.78 is 28.7. The average Bonchev–Trinajstić information content (AvgIpc) is 3.05. The summed E-state index contributed by atoms with van der Waals surface area (Å²) in [4.78, 5) is 2.07. The van der Waals surface area contributed by atoms with Gasteiger partial charge in [-0.25, -0.2) is 5.01 Å². The Kier molecular flexibility index (Phi) is 4.97. The van der Waals surface area contributed by atoms with Crippen LogP contribution in [0.5, 0.6) is 5.75 Å². The minimum absolute atomic E-state index is 0.174. The fourth-order valence-electron chi connectivity index (χ4n) is 2.99. The maximum Gasteiger partial charge on any atom is 0.387 e. The fourth-order valence-corrected chi connectivity index (χ4v) is 2.99. The predicted octanol–water partition coefficient (Wildman–Crippen LogP) is 2.42. The molecule has 2 heterocycles. The molecule has 3 rings (SSSR count). The van der Waals surface area contributed by atoms with Crippen molar-refractivity contribution >= 4 is 5.69 Å². The quantitative estimate of drug-likeness (QED) is 0.901. The fraction of sp³-hybridized carbons (Fsp3) is 0.500. The second-order valence-corrected chi connectivity index (χ2v) is 5.85. The molecule has 0 unspecified atom stereocenters. The van der Waals surface area contributed by atoms with E-state index in [1.165, 1.54) is 0 Å². The Hall–Kier alpha value is -1.86. The van der Waals surface area contributed by atoms with Crippen LogP contribution in [0.3, 0.4) is 0 Å². The number of ether oxygens (including phenoxy) is 1. The van der Waals surface area contributed by atoms with Crippen LogP contribution in [0.4, 0.5) is 14.5 Å². The van der Waals surface area contributed by atoms with Gasteiger partial charge < -0.3 is 15.4 Å². The summed E-state index contributed by atoms with van der Waals surface area (Å²) in [6, 6.07) is 6.69. The number of piperidine rings is 1. The Balaban J connectivity index is 1.55. The summed E-state index contributed by atoms with van der Waals surface area (Å²) in [6.45, 7) is 0.729. The molecule has 0 saturated carbocycles. The van der Waals surface area contributed by atoms with E-state index in [0.29, 0.717) is 5.92 Å². The first-order valence-corrected chi connectivity index (χ1v) is 7.87. The molecule has 0 amide bonds. The van der Waals surface area contributed by atoms with Gasteiger partial charge in [0.1, 0.15) is 12.4 Å². The third kappa shape index (κ3) is 3.92. The third-order valence-electron chi connectivity index (χ3n) is 4.40. The van der Waals surface area contributed by atoms with Crippen LogP contribution in [0.1, 0.15) is 12.8 Å². The molecule has 0 radical (unpaired) electrons. The number of benzene rings is 1. The van der Waals surface area contributed by atoms with Crippen LogP contribution in [0.15, 0.2) is 36.7 Å². The zero-order valence-electron chi connectivity index (χ0n) is 12.9. The molecule has 1 fully saturated rings. The highest BCUT2D eigenvalue weighted by molar-refractivity contribution is 5.52. The topological polar surface area (TPSA) is 45.0 Å². The van der Waals surface area contributed by atoms with Gasteiger partial charge in [0.25, 0.3) is 0 Å². The minimum Gasteiger partial charge on any atom is -0.435 e. The van der Waals surface area contributed by atoms with Gasteiger partial charge in [-0.1, -0.05) is 0 Å². The summed E-state index contributed by atoms with van der Waals surface area (Å²) in [5, 5.41) is 4.52. The number of anilines is 1. The van der Waals surface area contributed by atoms with Crippen molar-refractivity contribution in [1.29, 1.82) is 0 Å². The van der Waals surface area contributed by atoms with Crippen molar-refractivity contribution in [2.24, 2.45) is 11.7 Å². The maximum absolute atomic E-state index is 12.2. The molecule has 7 heteroatoms. The number of halogens is 2. The lowest BCUT2D eigenvalue weighted by Gasteiger charge is -2.38. The van der Waals surface area contributed by atoms with Gasteiger partial charge in [-0.05, 0) is 49.6 Å². The standard InChI is InChI=1S/C16H22F2N4O/c17-16(18)23-15-3-1-14(2-4-15)20-9-10-22(12-20)21-7-5-13(11-19)6-8-21/h1-4,9-10,13,16H,5-8,11-12,19H2. The van der Waals surface area contributed by atoms with Gasteiger partial charge in [0.05, 0.1) is 0 Å². The Labute approximate surface area is 134 Å². The van der Waals surface area contributed by atoms with Crippen molar-refractivity contribution in [1.82, 2.24) is 10.0 Å². The van der Waals surface area contributed by atoms with E-state index < -0.39 is 6.61 Å². The van der Waals surface area contributed by atoms with Gasteiger partial charge in [0.2, 0.25) is 0 Å². The van der Waals surface area contributed by atoms with Gasteiger partial charge in [-0.3, -0.25) is 5.01 Å². The second-order valence-electron chi connectivity index (χ2n) is 5.85. The number of rotatable bonds is 5. The molecule has 1 aromatic rings. The van der Waals surface area contributed by atoms with E-state index in [0.717, 1.165) is 44.8 Å². The van der Waals surface area contributed by atoms with Gasteiger partial charge in [0, 0.05) is 31.2 Å². The van der Waals surface area contributed by atoms with E-state index in [-0.39, 0.29) is 5.75 Å². The first kappa shape index (κ1) is 16.0. The lowest BCUT2D eigenvalue weighted by molar-refractivity contribution is -0.0498. The monoisotopic (exact) mass is 324 g/mol. The van der Waals surface area contributed by atoms with Crippen molar-refractivity contribution in [3.63, 3.8) is 0 Å². The van der Waals surface area contributed by atoms with Crippen LogP contribution in [0.2, 0.25) is 0 Å². The van der Waals surface area contributed by atoms with Crippen molar-refractivity contribution in [2.75, 3.05) is 31.2 Å². The smallest absolute Gasteiger partial charge is 0.387 e. The van der Waals surface area contributed by atoms with Crippen LogP contribution < -0.4 is 15.4 Å². The highest BCUT2D eigenvalue weighted by Crippen LogP contribution is 2.25. The lowest BCUT2D eigenvalue weighted by atomic mass is 9.98. The molecular weight excluding hydrogens is 302 g/mol. The Bertz CT molecular complexity index is 529. The Morgan fingerprint density at radius 1 is 1.13 bits per heavy atom. The molecule has 23 heavy (non-hydrogen) atoms. The molecule has 2 aliphatic heterocycles. The van der Waals surface area contributed by atoms with Gasteiger partial charge >= 0.3 is 6.61 Å². The number of hydrogen-bond donors (Lipinski definition) is 1. The molecule has 1 aromatic carbocycles. The zero-order valence-corrected chi connectivity index (χ0v) is 12.9. The van der Waals surface area contributed by atoms with Crippen molar-refractivity contribution < 1.29 is 13.5 Å². The van der Waals surface area contributed by atoms with Crippen LogP contribution in [-0.4, -0.2) is 42.9 Å². The van der Waals surface area contributed by atoms with E-state index in [1.807, 2.05) is 12.4 Å². The Morgan fingerprint density at radius 2 is 1.83 bits per heavy atom. The average molecular weight is 324 g/mol. The highest BCUT2D eigenvalue weighted by atomic mass is 19.3. The molecule has 0 atom stereocenters. The van der Waals surface area contributed by atoms with Crippen LogP contribution in [0.25, 0.3) is 0 Å². The summed E-state index contributed by atoms with van der Waals surface area (Å²) >= 11 is 0. The normalized spacial score (nSPS) is 19.8. The number of nitrogens with zero attached hydrogens (tertiary/aromatic N) is 3. The molecule has 0 spiro atoms. The first-order valence-electron chi connectivity index (χ1n) is 7.87. The number of alkyl halides is 2. The van der Waals surface area contributed by atoms with Crippen molar-refractivity contribution in [3.8, 4) is 5.75 Å². The molecule has 2 N–H and O–H groups in total. The first-order chi connectivity index (χ1) is 11.2. The maximum atomic E-state index is 12.2. The largest absolute Gasteiger partial charge is 0.435 e. The number of hydrazine groups is 1. The minimum atomic E-state index is -2.79. The van der Waals surface area contributed by atoms with Crippen molar-refractivity contribution in [3.05, 3.63) is 36.7 Å². The molecule has 0 aliphatic carbocycles. The molecule has 0 bridgehead atoms. The van der Waals surface area contributed by atoms with E-state index >= 15 is 0 Å². The van der Waals surface area contributed by atoms with E-state index in [2.05, 4.69) is 19.7 Å². The molecule has 5 nitrogen and oxygen atoms in total. The van der Waals surface area contributed by atoms with Crippen LogP contribution in [-0.2, 0) is 0 Å². The predicted molar refractivity (Wildman–Crippen MR) is 84.8 cm³/mol. The Morgan fingerprint density at radius 3 is 2.43 bits per heavy atom. The molecule has 126 valence electrons. The summed E-state index contributed by atoms with van der Waals surface area (Å²) in [5.41, 5.74) is 6.68. The molecule has 2 aliphatic rings. The van der Waals surface area contributed by atoms with Gasteiger partial charge in [-0.15, -0.1) is 0 Å².